The van der Waals surface area contributed by atoms with E-state index in [4.69, 9.17) is 0 Å². The van der Waals surface area contributed by atoms with Gasteiger partial charge in [0.2, 0.25) is 0 Å². The van der Waals surface area contributed by atoms with Crippen molar-refractivity contribution in [3.8, 4) is 0 Å². The van der Waals surface area contributed by atoms with Gasteiger partial charge in [0.05, 0.1) is 0 Å². The van der Waals surface area contributed by atoms with Crippen molar-refractivity contribution in [3.63, 3.8) is 0 Å². The molecule has 1 rings (SSSR count). The number of hydrogen-bond acceptors (Lipinski definition) is 1. The molecule has 0 spiro atoms. The fraction of sp³-hybridized carbons (Fsp3) is 0.615. The van der Waals surface area contributed by atoms with Gasteiger partial charge < -0.3 is 0 Å². The molecule has 0 aliphatic heterocycles. The lowest BCUT2D eigenvalue weighted by molar-refractivity contribution is 0.398. The first-order valence-corrected chi connectivity index (χ1v) is 5.41. The Kier molecular flexibility index (Phi) is 11.4. The predicted octanol–water partition coefficient (Wildman–Crippen LogP) is 4.55. The highest BCUT2D eigenvalue weighted by Crippen LogP contribution is 2.16. The van der Waals surface area contributed by atoms with Crippen molar-refractivity contribution in [2.45, 2.75) is 48.0 Å². The Morgan fingerprint density at radius 3 is 1.36 bits per heavy atom. The molecular formula is C13H25N. The van der Waals surface area contributed by atoms with E-state index in [1.165, 1.54) is 6.42 Å². The van der Waals surface area contributed by atoms with Crippen LogP contribution in [0.2, 0.25) is 0 Å². The number of hydrogen-bond donors (Lipinski definition) is 0. The highest BCUT2D eigenvalue weighted by Gasteiger charge is 2.03. The van der Waals surface area contributed by atoms with Crippen LogP contribution in [0.3, 0.4) is 0 Å². The normalized spacial score (nSPS) is 9.00. The van der Waals surface area contributed by atoms with Gasteiger partial charge in [-0.1, -0.05) is 54.0 Å². The van der Waals surface area contributed by atoms with Crippen LogP contribution in [-0.4, -0.2) is 4.98 Å². The van der Waals surface area contributed by atoms with Crippen LogP contribution in [0, 0.1) is 5.41 Å². The summed E-state index contributed by atoms with van der Waals surface area (Å²) >= 11 is 0. The van der Waals surface area contributed by atoms with Crippen LogP contribution >= 0.6 is 0 Å². The molecule has 0 aromatic carbocycles. The van der Waals surface area contributed by atoms with Crippen LogP contribution in [0.25, 0.3) is 0 Å². The topological polar surface area (TPSA) is 12.9 Å². The first-order chi connectivity index (χ1) is 6.56. The zero-order valence-electron chi connectivity index (χ0n) is 10.5. The molecule has 14 heavy (non-hydrogen) atoms. The van der Waals surface area contributed by atoms with E-state index < -0.39 is 0 Å². The van der Waals surface area contributed by atoms with E-state index in [0.717, 1.165) is 0 Å². The Morgan fingerprint density at radius 1 is 0.929 bits per heavy atom. The van der Waals surface area contributed by atoms with Gasteiger partial charge in [-0.15, -0.1) is 0 Å². The fourth-order valence-electron chi connectivity index (χ4n) is 0.313. The van der Waals surface area contributed by atoms with Crippen LogP contribution in [0.4, 0.5) is 0 Å². The third-order valence-corrected chi connectivity index (χ3v) is 1.63. The smallest absolute Gasteiger partial charge is 0.0267 e. The summed E-state index contributed by atoms with van der Waals surface area (Å²) in [7, 11) is 0. The standard InChI is InChI=1S/C6H14.C5H5N.C2H6/c1-5-6(2,3)4;1-2-4-6-5-3-1;1-2/h5H2,1-4H3;1-5H;1-2H3. The van der Waals surface area contributed by atoms with E-state index in [1.54, 1.807) is 12.4 Å². The van der Waals surface area contributed by atoms with Gasteiger partial charge in [-0.2, -0.15) is 0 Å². The summed E-state index contributed by atoms with van der Waals surface area (Å²) in [5, 5.41) is 0. The fourth-order valence-corrected chi connectivity index (χ4v) is 0.313. The minimum absolute atomic E-state index is 0.542. The second-order valence-corrected chi connectivity index (χ2v) is 3.94. The Morgan fingerprint density at radius 2 is 1.29 bits per heavy atom. The number of rotatable bonds is 0. The number of aromatic nitrogens is 1. The largest absolute Gasteiger partial charge is 0.265 e. The molecule has 0 saturated carbocycles. The molecule has 0 fully saturated rings. The maximum absolute atomic E-state index is 3.78. The average molecular weight is 195 g/mol. The monoisotopic (exact) mass is 195 g/mol. The summed E-state index contributed by atoms with van der Waals surface area (Å²) in [6.45, 7) is 12.9. The summed E-state index contributed by atoms with van der Waals surface area (Å²) in [6, 6.07) is 5.72. The molecule has 1 aromatic heterocycles. The van der Waals surface area contributed by atoms with Crippen molar-refractivity contribution in [1.82, 2.24) is 4.98 Å². The lowest BCUT2D eigenvalue weighted by Gasteiger charge is -2.12. The number of pyridine rings is 1. The lowest BCUT2D eigenvalue weighted by atomic mass is 9.94. The molecule has 0 aliphatic carbocycles. The molecule has 0 unspecified atom stereocenters. The quantitative estimate of drug-likeness (QED) is 0.592. The second kappa shape index (κ2) is 10.2. The van der Waals surface area contributed by atoms with Crippen molar-refractivity contribution in [3.05, 3.63) is 30.6 Å². The van der Waals surface area contributed by atoms with Crippen molar-refractivity contribution in [2.75, 3.05) is 0 Å². The van der Waals surface area contributed by atoms with Crippen molar-refractivity contribution in [1.29, 1.82) is 0 Å². The Balaban J connectivity index is 0. The van der Waals surface area contributed by atoms with Crippen molar-refractivity contribution < 1.29 is 0 Å². The molecule has 0 atom stereocenters. The SMILES string of the molecule is CC.CCC(C)(C)C.c1ccncc1. The molecule has 1 heterocycles. The molecule has 1 nitrogen and oxygen atoms in total. The third kappa shape index (κ3) is 17.3. The van der Waals surface area contributed by atoms with Gasteiger partial charge in [-0.3, -0.25) is 4.98 Å². The van der Waals surface area contributed by atoms with Gasteiger partial charge in [0.1, 0.15) is 0 Å². The maximum Gasteiger partial charge on any atom is 0.0267 e. The van der Waals surface area contributed by atoms with E-state index in [0.29, 0.717) is 5.41 Å². The summed E-state index contributed by atoms with van der Waals surface area (Å²) in [6.07, 6.45) is 4.77. The van der Waals surface area contributed by atoms with Gasteiger partial charge in [-0.05, 0) is 17.5 Å². The van der Waals surface area contributed by atoms with Crippen LogP contribution in [-0.2, 0) is 0 Å². The van der Waals surface area contributed by atoms with Crippen LogP contribution in [0.1, 0.15) is 48.0 Å². The van der Waals surface area contributed by atoms with E-state index in [9.17, 15) is 0 Å². The molecule has 0 N–H and O–H groups in total. The third-order valence-electron chi connectivity index (χ3n) is 1.63. The molecule has 1 aromatic rings. The second-order valence-electron chi connectivity index (χ2n) is 3.94. The van der Waals surface area contributed by atoms with Crippen LogP contribution < -0.4 is 0 Å². The molecule has 0 bridgehead atoms. The zero-order chi connectivity index (χ0) is 11.4. The van der Waals surface area contributed by atoms with Crippen LogP contribution in [0.5, 0.6) is 0 Å². The molecule has 82 valence electrons. The zero-order valence-corrected chi connectivity index (χ0v) is 10.5. The highest BCUT2D eigenvalue weighted by molar-refractivity contribution is 4.88. The average Bonchev–Trinajstić information content (AvgIpc) is 2.23. The minimum atomic E-state index is 0.542. The van der Waals surface area contributed by atoms with E-state index in [1.807, 2.05) is 32.0 Å². The summed E-state index contributed by atoms with van der Waals surface area (Å²) in [5.41, 5.74) is 0.542. The van der Waals surface area contributed by atoms with E-state index in [2.05, 4.69) is 32.7 Å². The minimum Gasteiger partial charge on any atom is -0.265 e. The molecule has 0 amide bonds. The predicted molar refractivity (Wildman–Crippen MR) is 65.3 cm³/mol. The van der Waals surface area contributed by atoms with Crippen molar-refractivity contribution >= 4 is 0 Å². The van der Waals surface area contributed by atoms with Gasteiger partial charge in [0, 0.05) is 12.4 Å². The Labute approximate surface area is 89.6 Å². The van der Waals surface area contributed by atoms with Gasteiger partial charge in [0.15, 0.2) is 0 Å². The summed E-state index contributed by atoms with van der Waals surface area (Å²) in [5.74, 6) is 0. The van der Waals surface area contributed by atoms with Crippen molar-refractivity contribution in [2.24, 2.45) is 5.41 Å². The summed E-state index contributed by atoms with van der Waals surface area (Å²) in [4.78, 5) is 3.78. The summed E-state index contributed by atoms with van der Waals surface area (Å²) < 4.78 is 0. The molecule has 1 heteroatoms. The van der Waals surface area contributed by atoms with Gasteiger partial charge >= 0.3 is 0 Å². The Hall–Kier alpha value is -0.850. The molecular weight excluding hydrogens is 170 g/mol. The van der Waals surface area contributed by atoms with E-state index in [-0.39, 0.29) is 0 Å². The van der Waals surface area contributed by atoms with Gasteiger partial charge in [0.25, 0.3) is 0 Å². The van der Waals surface area contributed by atoms with Gasteiger partial charge in [-0.25, -0.2) is 0 Å². The maximum atomic E-state index is 3.78. The number of nitrogens with zero attached hydrogens (tertiary/aromatic N) is 1. The highest BCUT2D eigenvalue weighted by atomic mass is 14.6. The lowest BCUT2D eigenvalue weighted by Crippen LogP contribution is -2.00. The molecule has 0 aliphatic rings. The first-order valence-electron chi connectivity index (χ1n) is 5.41. The molecule has 0 saturated heterocycles. The van der Waals surface area contributed by atoms with E-state index >= 15 is 0 Å². The Bertz CT molecular complexity index is 147. The first kappa shape index (κ1) is 15.6. The van der Waals surface area contributed by atoms with Crippen LogP contribution in [0.15, 0.2) is 30.6 Å². The molecule has 0 radical (unpaired) electrons.